The van der Waals surface area contributed by atoms with Crippen molar-refractivity contribution in [2.24, 2.45) is 0 Å². The highest BCUT2D eigenvalue weighted by Crippen LogP contribution is 2.24. The van der Waals surface area contributed by atoms with Gasteiger partial charge in [0, 0.05) is 11.1 Å². The summed E-state index contributed by atoms with van der Waals surface area (Å²) in [5.74, 6) is -1.12. The van der Waals surface area contributed by atoms with Crippen LogP contribution in [0.15, 0.2) is 78.9 Å². The maximum Gasteiger partial charge on any atom is 0.307 e. The van der Waals surface area contributed by atoms with Gasteiger partial charge in [-0.05, 0) is 22.8 Å². The van der Waals surface area contributed by atoms with Crippen molar-refractivity contribution in [2.75, 3.05) is 0 Å². The second-order valence-corrected chi connectivity index (χ2v) is 5.50. The second kappa shape index (κ2) is 6.92. The van der Waals surface area contributed by atoms with Gasteiger partial charge in [0.25, 0.3) is 0 Å². The number of hydrogen-bond acceptors (Lipinski definition) is 2. The molecule has 0 aliphatic rings. The van der Waals surface area contributed by atoms with Crippen LogP contribution in [0.3, 0.4) is 0 Å². The van der Waals surface area contributed by atoms with E-state index in [0.29, 0.717) is 16.7 Å². The third-order valence-corrected chi connectivity index (χ3v) is 3.84. The minimum absolute atomic E-state index is 0.162. The fraction of sp³-hybridized carbons (Fsp3) is 0.0476. The topological polar surface area (TPSA) is 54.4 Å². The molecule has 24 heavy (non-hydrogen) atoms. The zero-order chi connectivity index (χ0) is 16.9. The van der Waals surface area contributed by atoms with Crippen LogP contribution in [0.1, 0.15) is 21.5 Å². The molecule has 0 spiro atoms. The largest absolute Gasteiger partial charge is 0.481 e. The Labute approximate surface area is 140 Å². The van der Waals surface area contributed by atoms with E-state index in [1.165, 1.54) is 0 Å². The van der Waals surface area contributed by atoms with Gasteiger partial charge in [0.1, 0.15) is 0 Å². The first-order valence-corrected chi connectivity index (χ1v) is 7.65. The number of ketones is 1. The number of hydrogen-bond donors (Lipinski definition) is 1. The van der Waals surface area contributed by atoms with Crippen molar-refractivity contribution in [3.63, 3.8) is 0 Å². The van der Waals surface area contributed by atoms with E-state index in [0.717, 1.165) is 11.1 Å². The van der Waals surface area contributed by atoms with Crippen LogP contribution in [0.2, 0.25) is 0 Å². The molecular weight excluding hydrogens is 300 g/mol. The SMILES string of the molecule is O=C(O)Cc1ccc(-c2ccccc2)cc1C(=O)c1ccccc1. The predicted molar refractivity (Wildman–Crippen MR) is 93.1 cm³/mol. The molecule has 1 N–H and O–H groups in total. The highest BCUT2D eigenvalue weighted by atomic mass is 16.4. The van der Waals surface area contributed by atoms with Crippen LogP contribution in [0.4, 0.5) is 0 Å². The Morgan fingerprint density at radius 1 is 0.750 bits per heavy atom. The van der Waals surface area contributed by atoms with Crippen LogP contribution < -0.4 is 0 Å². The van der Waals surface area contributed by atoms with Gasteiger partial charge in [0.15, 0.2) is 5.78 Å². The van der Waals surface area contributed by atoms with E-state index in [4.69, 9.17) is 5.11 Å². The fourth-order valence-electron chi connectivity index (χ4n) is 2.66. The summed E-state index contributed by atoms with van der Waals surface area (Å²) in [6.07, 6.45) is -0.178. The Bertz CT molecular complexity index is 868. The van der Waals surface area contributed by atoms with E-state index in [2.05, 4.69) is 0 Å². The van der Waals surface area contributed by atoms with Crippen LogP contribution in [0, 0.1) is 0 Å². The molecule has 0 aromatic heterocycles. The summed E-state index contributed by atoms with van der Waals surface area (Å²) in [5, 5.41) is 9.12. The lowest BCUT2D eigenvalue weighted by Crippen LogP contribution is -2.09. The highest BCUT2D eigenvalue weighted by molar-refractivity contribution is 6.10. The molecule has 0 bridgehead atoms. The molecule has 0 radical (unpaired) electrons. The average molecular weight is 316 g/mol. The molecular formula is C21H16O3. The van der Waals surface area contributed by atoms with E-state index in [9.17, 15) is 9.59 Å². The molecule has 0 amide bonds. The minimum Gasteiger partial charge on any atom is -0.481 e. The Kier molecular flexibility index (Phi) is 4.52. The standard InChI is InChI=1S/C21H16O3/c22-20(23)14-18-12-11-17(15-7-3-1-4-8-15)13-19(18)21(24)16-9-5-2-6-10-16/h1-13H,14H2,(H,22,23). The van der Waals surface area contributed by atoms with Gasteiger partial charge in [-0.3, -0.25) is 9.59 Å². The molecule has 0 heterocycles. The molecule has 0 aliphatic carbocycles. The minimum atomic E-state index is -0.954. The summed E-state index contributed by atoms with van der Waals surface area (Å²) in [6.45, 7) is 0. The Morgan fingerprint density at radius 2 is 1.38 bits per heavy atom. The zero-order valence-corrected chi connectivity index (χ0v) is 13.0. The first-order chi connectivity index (χ1) is 11.6. The van der Waals surface area contributed by atoms with E-state index >= 15 is 0 Å². The summed E-state index contributed by atoms with van der Waals surface area (Å²) < 4.78 is 0. The summed E-state index contributed by atoms with van der Waals surface area (Å²) in [5.41, 5.74) is 3.39. The van der Waals surface area contributed by atoms with Crippen molar-refractivity contribution in [1.82, 2.24) is 0 Å². The maximum absolute atomic E-state index is 12.8. The van der Waals surface area contributed by atoms with Crippen LogP contribution >= 0.6 is 0 Å². The zero-order valence-electron chi connectivity index (χ0n) is 13.0. The molecule has 0 unspecified atom stereocenters. The first kappa shape index (κ1) is 15.7. The van der Waals surface area contributed by atoms with Crippen LogP contribution in [0.5, 0.6) is 0 Å². The van der Waals surface area contributed by atoms with Gasteiger partial charge in [-0.15, -0.1) is 0 Å². The molecule has 0 aliphatic heterocycles. The van der Waals surface area contributed by atoms with E-state index in [1.807, 2.05) is 42.5 Å². The maximum atomic E-state index is 12.8. The molecule has 0 saturated heterocycles. The Balaban J connectivity index is 2.09. The number of carbonyl (C=O) groups excluding carboxylic acids is 1. The summed E-state index contributed by atoms with van der Waals surface area (Å²) in [7, 11) is 0. The predicted octanol–water partition coefficient (Wildman–Crippen LogP) is 4.21. The fourth-order valence-corrected chi connectivity index (χ4v) is 2.66. The van der Waals surface area contributed by atoms with Crippen LogP contribution in [-0.4, -0.2) is 16.9 Å². The summed E-state index contributed by atoms with van der Waals surface area (Å²) >= 11 is 0. The van der Waals surface area contributed by atoms with Crippen molar-refractivity contribution >= 4 is 11.8 Å². The van der Waals surface area contributed by atoms with Gasteiger partial charge in [0.05, 0.1) is 6.42 Å². The molecule has 118 valence electrons. The lowest BCUT2D eigenvalue weighted by atomic mass is 9.92. The average Bonchev–Trinajstić information content (AvgIpc) is 2.62. The van der Waals surface area contributed by atoms with E-state index in [1.54, 1.807) is 36.4 Å². The molecule has 0 saturated carbocycles. The van der Waals surface area contributed by atoms with Gasteiger partial charge in [-0.2, -0.15) is 0 Å². The van der Waals surface area contributed by atoms with Crippen molar-refractivity contribution in [1.29, 1.82) is 0 Å². The molecule has 3 rings (SSSR count). The third-order valence-electron chi connectivity index (χ3n) is 3.84. The van der Waals surface area contributed by atoms with Gasteiger partial charge < -0.3 is 5.11 Å². The normalized spacial score (nSPS) is 10.3. The van der Waals surface area contributed by atoms with Crippen molar-refractivity contribution in [2.45, 2.75) is 6.42 Å². The van der Waals surface area contributed by atoms with Gasteiger partial charge in [-0.25, -0.2) is 0 Å². The molecule has 3 aromatic carbocycles. The third kappa shape index (κ3) is 3.41. The monoisotopic (exact) mass is 316 g/mol. The van der Waals surface area contributed by atoms with E-state index < -0.39 is 5.97 Å². The number of carboxylic acids is 1. The molecule has 0 atom stereocenters. The quantitative estimate of drug-likeness (QED) is 0.717. The number of carboxylic acid groups (broad SMARTS) is 1. The van der Waals surface area contributed by atoms with Gasteiger partial charge in [0.2, 0.25) is 0 Å². The second-order valence-electron chi connectivity index (χ2n) is 5.50. The lowest BCUT2D eigenvalue weighted by molar-refractivity contribution is -0.136. The highest BCUT2D eigenvalue weighted by Gasteiger charge is 2.16. The molecule has 3 aromatic rings. The molecule has 0 fully saturated rings. The summed E-state index contributed by atoms with van der Waals surface area (Å²) in [4.78, 5) is 24.0. The number of carbonyl (C=O) groups is 2. The first-order valence-electron chi connectivity index (χ1n) is 7.65. The smallest absolute Gasteiger partial charge is 0.307 e. The molecule has 3 heteroatoms. The van der Waals surface area contributed by atoms with Gasteiger partial charge in [-0.1, -0.05) is 72.8 Å². The van der Waals surface area contributed by atoms with E-state index in [-0.39, 0.29) is 12.2 Å². The van der Waals surface area contributed by atoms with Crippen molar-refractivity contribution in [3.05, 3.63) is 95.6 Å². The Hall–Kier alpha value is -3.20. The number of aliphatic carboxylic acids is 1. The molecule has 3 nitrogen and oxygen atoms in total. The Morgan fingerprint density at radius 3 is 2.00 bits per heavy atom. The van der Waals surface area contributed by atoms with Gasteiger partial charge >= 0.3 is 5.97 Å². The summed E-state index contributed by atoms with van der Waals surface area (Å²) in [6, 6.07) is 24.0. The van der Waals surface area contributed by atoms with Crippen molar-refractivity contribution < 1.29 is 14.7 Å². The van der Waals surface area contributed by atoms with Crippen molar-refractivity contribution in [3.8, 4) is 11.1 Å². The van der Waals surface area contributed by atoms with Crippen LogP contribution in [-0.2, 0) is 11.2 Å². The number of rotatable bonds is 5. The lowest BCUT2D eigenvalue weighted by Gasteiger charge is -2.10. The van der Waals surface area contributed by atoms with Crippen LogP contribution in [0.25, 0.3) is 11.1 Å². The number of benzene rings is 3.